The van der Waals surface area contributed by atoms with E-state index in [4.69, 9.17) is 0 Å². The summed E-state index contributed by atoms with van der Waals surface area (Å²) < 4.78 is 0. The molecule has 1 fully saturated rings. The molecule has 0 saturated carbocycles. The van der Waals surface area contributed by atoms with Crippen molar-refractivity contribution in [2.75, 3.05) is 13.1 Å². The van der Waals surface area contributed by atoms with Crippen LogP contribution in [0.25, 0.3) is 0 Å². The van der Waals surface area contributed by atoms with Gasteiger partial charge in [-0.3, -0.25) is 4.90 Å². The highest BCUT2D eigenvalue weighted by Gasteiger charge is 2.31. The van der Waals surface area contributed by atoms with Crippen LogP contribution in [0, 0.1) is 5.92 Å². The lowest BCUT2D eigenvalue weighted by atomic mass is 9.80. The molecule has 0 radical (unpaired) electrons. The summed E-state index contributed by atoms with van der Waals surface area (Å²) in [6.45, 7) is 2.61. The second kappa shape index (κ2) is 7.53. The highest BCUT2D eigenvalue weighted by atomic mass is 15.2. The largest absolute Gasteiger partial charge is 0.300 e. The second-order valence-electron chi connectivity index (χ2n) is 7.71. The minimum Gasteiger partial charge on any atom is -0.300 e. The highest BCUT2D eigenvalue weighted by Crippen LogP contribution is 2.32. The second-order valence-corrected chi connectivity index (χ2v) is 7.71. The first kappa shape index (κ1) is 15.9. The molecule has 2 aromatic carbocycles. The average Bonchev–Trinajstić information content (AvgIpc) is 2.60. The molecule has 2 bridgehead atoms. The first-order chi connectivity index (χ1) is 11.9. The van der Waals surface area contributed by atoms with Gasteiger partial charge in [0.15, 0.2) is 0 Å². The van der Waals surface area contributed by atoms with Crippen LogP contribution < -0.4 is 0 Å². The smallest absolute Gasteiger partial charge is 0.0136 e. The lowest BCUT2D eigenvalue weighted by Gasteiger charge is -2.42. The summed E-state index contributed by atoms with van der Waals surface area (Å²) in [5, 5.41) is 0. The van der Waals surface area contributed by atoms with E-state index in [1.54, 1.807) is 11.1 Å². The lowest BCUT2D eigenvalue weighted by Crippen LogP contribution is -2.46. The molecule has 0 N–H and O–H groups in total. The van der Waals surface area contributed by atoms with E-state index in [0.29, 0.717) is 0 Å². The highest BCUT2D eigenvalue weighted by molar-refractivity contribution is 5.29. The van der Waals surface area contributed by atoms with Gasteiger partial charge in [-0.05, 0) is 74.1 Å². The van der Waals surface area contributed by atoms with Crippen LogP contribution in [0.1, 0.15) is 42.4 Å². The molecule has 1 heteroatoms. The van der Waals surface area contributed by atoms with Crippen molar-refractivity contribution in [3.8, 4) is 0 Å². The Labute approximate surface area is 146 Å². The average molecular weight is 319 g/mol. The van der Waals surface area contributed by atoms with Crippen LogP contribution in [0.4, 0.5) is 0 Å². The van der Waals surface area contributed by atoms with E-state index in [9.17, 15) is 0 Å². The Kier molecular flexibility index (Phi) is 4.99. The normalized spacial score (nSPS) is 23.5. The summed E-state index contributed by atoms with van der Waals surface area (Å²) in [5.41, 5.74) is 4.72. The molecule has 2 aromatic rings. The minimum absolute atomic E-state index is 0.777. The van der Waals surface area contributed by atoms with Gasteiger partial charge >= 0.3 is 0 Å². The van der Waals surface area contributed by atoms with Gasteiger partial charge in [-0.25, -0.2) is 0 Å². The summed E-state index contributed by atoms with van der Waals surface area (Å²) in [7, 11) is 0. The number of hydrogen-bond donors (Lipinski definition) is 0. The predicted octanol–water partition coefficient (Wildman–Crippen LogP) is 4.89. The summed E-state index contributed by atoms with van der Waals surface area (Å²) in [4.78, 5) is 2.81. The maximum atomic E-state index is 2.81. The number of fused-ring (bicyclic) bond motifs is 2. The Morgan fingerprint density at radius 1 is 0.792 bits per heavy atom. The van der Waals surface area contributed by atoms with E-state index in [2.05, 4.69) is 59.5 Å². The van der Waals surface area contributed by atoms with Gasteiger partial charge < -0.3 is 0 Å². The third-order valence-electron chi connectivity index (χ3n) is 6.00. The summed E-state index contributed by atoms with van der Waals surface area (Å²) in [5.74, 6) is 0.872. The fourth-order valence-corrected chi connectivity index (χ4v) is 4.66. The first-order valence-electron chi connectivity index (χ1n) is 9.73. The van der Waals surface area contributed by atoms with Crippen molar-refractivity contribution in [3.05, 3.63) is 71.3 Å². The quantitative estimate of drug-likeness (QED) is 0.709. The molecule has 0 spiro atoms. The molecule has 1 nitrogen and oxygen atoms in total. The van der Waals surface area contributed by atoms with Crippen LogP contribution in [0.5, 0.6) is 0 Å². The number of aryl methyl sites for hydroxylation is 1. The van der Waals surface area contributed by atoms with Crippen molar-refractivity contribution in [1.29, 1.82) is 0 Å². The Hall–Kier alpha value is -1.60. The van der Waals surface area contributed by atoms with Crippen LogP contribution in [-0.4, -0.2) is 24.0 Å². The van der Waals surface area contributed by atoms with Gasteiger partial charge in [0.1, 0.15) is 0 Å². The molecule has 1 saturated heterocycles. The summed E-state index contributed by atoms with van der Waals surface area (Å²) in [6.07, 6.45) is 9.27. The fourth-order valence-electron chi connectivity index (χ4n) is 4.66. The van der Waals surface area contributed by atoms with E-state index in [1.807, 2.05) is 0 Å². The molecule has 126 valence electrons. The fraction of sp³-hybridized carbons (Fsp3) is 0.478. The van der Waals surface area contributed by atoms with Crippen molar-refractivity contribution in [1.82, 2.24) is 4.90 Å². The van der Waals surface area contributed by atoms with Crippen LogP contribution >= 0.6 is 0 Å². The first-order valence-corrected chi connectivity index (χ1v) is 9.73. The Bertz CT molecular complexity index is 648. The van der Waals surface area contributed by atoms with Crippen molar-refractivity contribution in [3.63, 3.8) is 0 Å². The third kappa shape index (κ3) is 3.72. The topological polar surface area (TPSA) is 3.24 Å². The molecule has 0 aromatic heterocycles. The lowest BCUT2D eigenvalue weighted by molar-refractivity contribution is 0.0993. The van der Waals surface area contributed by atoms with E-state index in [1.165, 1.54) is 63.6 Å². The van der Waals surface area contributed by atoms with E-state index >= 15 is 0 Å². The zero-order valence-corrected chi connectivity index (χ0v) is 14.7. The molecule has 3 aliphatic rings. The van der Waals surface area contributed by atoms with Gasteiger partial charge in [0.25, 0.3) is 0 Å². The van der Waals surface area contributed by atoms with Crippen molar-refractivity contribution in [2.45, 2.75) is 51.0 Å². The molecular weight excluding hydrogens is 290 g/mol. The Balaban J connectivity index is 1.33. The minimum atomic E-state index is 0.777. The predicted molar refractivity (Wildman–Crippen MR) is 101 cm³/mol. The van der Waals surface area contributed by atoms with Gasteiger partial charge in [0.2, 0.25) is 0 Å². The number of nitrogens with zero attached hydrogens (tertiary/aromatic N) is 1. The SMILES string of the molecule is c1ccc(CCCCN2C[C@@H]3CC[C@H]2Cc2ccccc2C3)cc1. The molecule has 24 heavy (non-hydrogen) atoms. The Morgan fingerprint density at radius 3 is 2.38 bits per heavy atom. The monoisotopic (exact) mass is 319 g/mol. The van der Waals surface area contributed by atoms with E-state index in [0.717, 1.165) is 12.0 Å². The van der Waals surface area contributed by atoms with Crippen LogP contribution in [0.2, 0.25) is 0 Å². The maximum Gasteiger partial charge on any atom is 0.0136 e. The maximum absolute atomic E-state index is 2.81. The standard InChI is InChI=1S/C23H29N/c1-2-8-19(9-3-1)10-6-7-15-24-18-20-13-14-23(24)17-22-12-5-4-11-21(22)16-20/h1-5,8-9,11-12,20,23H,6-7,10,13-18H2/t20-,23+/m1/s1. The number of unbranched alkanes of at least 4 members (excludes halogenated alkanes) is 1. The van der Waals surface area contributed by atoms with E-state index in [-0.39, 0.29) is 0 Å². The molecular formula is C23H29N. The van der Waals surface area contributed by atoms with Gasteiger partial charge in [-0.2, -0.15) is 0 Å². The molecule has 0 amide bonds. The van der Waals surface area contributed by atoms with Gasteiger partial charge in [-0.1, -0.05) is 54.6 Å². The molecule has 2 atom stereocenters. The zero-order valence-electron chi connectivity index (χ0n) is 14.7. The number of piperidine rings is 1. The molecule has 2 aliphatic heterocycles. The van der Waals surface area contributed by atoms with Gasteiger partial charge in [0.05, 0.1) is 0 Å². The number of benzene rings is 2. The Morgan fingerprint density at radius 2 is 1.54 bits per heavy atom. The molecule has 2 heterocycles. The van der Waals surface area contributed by atoms with Crippen LogP contribution in [0.3, 0.4) is 0 Å². The van der Waals surface area contributed by atoms with Crippen molar-refractivity contribution < 1.29 is 0 Å². The zero-order chi connectivity index (χ0) is 16.2. The van der Waals surface area contributed by atoms with Crippen LogP contribution in [0.15, 0.2) is 54.6 Å². The molecule has 0 unspecified atom stereocenters. The van der Waals surface area contributed by atoms with Gasteiger partial charge in [-0.15, -0.1) is 0 Å². The van der Waals surface area contributed by atoms with Gasteiger partial charge in [0, 0.05) is 12.6 Å². The third-order valence-corrected chi connectivity index (χ3v) is 6.00. The van der Waals surface area contributed by atoms with Crippen molar-refractivity contribution in [2.24, 2.45) is 5.92 Å². The van der Waals surface area contributed by atoms with Crippen molar-refractivity contribution >= 4 is 0 Å². The summed E-state index contributed by atoms with van der Waals surface area (Å²) in [6, 6.07) is 20.9. The number of rotatable bonds is 5. The summed E-state index contributed by atoms with van der Waals surface area (Å²) >= 11 is 0. The number of hydrogen-bond acceptors (Lipinski definition) is 1. The van der Waals surface area contributed by atoms with Crippen LogP contribution in [-0.2, 0) is 19.3 Å². The van der Waals surface area contributed by atoms with E-state index < -0.39 is 0 Å². The molecule has 5 rings (SSSR count). The molecule has 1 aliphatic carbocycles.